The van der Waals surface area contributed by atoms with E-state index in [9.17, 15) is 9.59 Å². The molecule has 0 bridgehead atoms. The molecule has 1 amide bonds. The van der Waals surface area contributed by atoms with Crippen molar-refractivity contribution in [2.75, 3.05) is 7.11 Å². The average molecular weight is 233 g/mol. The normalized spacial score (nSPS) is 16.2. The Morgan fingerprint density at radius 1 is 1.38 bits per heavy atom. The topological polar surface area (TPSA) is 95.9 Å². The molecule has 1 unspecified atom stereocenters. The molecule has 0 heterocycles. The Kier molecular flexibility index (Phi) is 6.67. The molecule has 0 aromatic rings. The van der Waals surface area contributed by atoms with E-state index in [-0.39, 0.29) is 12.5 Å². The average Bonchev–Trinajstić information content (AvgIpc) is 2.21. The van der Waals surface area contributed by atoms with Crippen LogP contribution in [0.15, 0.2) is 0 Å². The molecule has 0 radical (unpaired) electrons. The van der Waals surface area contributed by atoms with Crippen molar-refractivity contribution in [1.29, 1.82) is 0 Å². The number of ether oxygens (including phenoxy) is 1. The van der Waals surface area contributed by atoms with E-state index >= 15 is 0 Å². The molecule has 0 spiro atoms. The number of rotatable bonds is 7. The van der Waals surface area contributed by atoms with Crippen molar-refractivity contribution in [3.05, 3.63) is 0 Å². The molecule has 6 heteroatoms. The third-order valence-corrected chi connectivity index (χ3v) is 2.25. The van der Waals surface area contributed by atoms with E-state index in [4.69, 9.17) is 14.9 Å². The van der Waals surface area contributed by atoms with Crippen LogP contribution in [0.5, 0.6) is 0 Å². The van der Waals surface area contributed by atoms with E-state index in [1.54, 1.807) is 7.11 Å². The molecule has 3 atom stereocenters. The summed E-state index contributed by atoms with van der Waals surface area (Å²) in [6, 6.07) is -1.26. The van der Waals surface area contributed by atoms with Crippen LogP contribution in [0.25, 0.3) is 0 Å². The third kappa shape index (κ3) is 5.67. The lowest BCUT2D eigenvalue weighted by molar-refractivity contribution is -0.144. The Morgan fingerprint density at radius 2 is 1.94 bits per heavy atom. The second kappa shape index (κ2) is 7.19. The number of hydrogen-bond donors (Lipinski definition) is 3. The van der Waals surface area contributed by atoms with Gasteiger partial charge in [0.1, 0.15) is 0 Å². The van der Waals surface area contributed by atoms with Crippen LogP contribution in [0.2, 0.25) is 0 Å². The van der Waals surface area contributed by atoms with Crippen LogP contribution in [-0.2, 0) is 14.3 Å². The number of methoxy groups -OCH3 is 1. The highest BCUT2D eigenvalue weighted by Gasteiger charge is 2.24. The summed E-state index contributed by atoms with van der Waals surface area (Å²) in [5, 5.41) is 20.1. The number of aliphatic hydroxyl groups is 1. The monoisotopic (exact) mass is 233 g/mol. The maximum Gasteiger partial charge on any atom is 0.328 e. The summed E-state index contributed by atoms with van der Waals surface area (Å²) < 4.78 is 4.95. The first-order chi connectivity index (χ1) is 7.38. The number of carboxylic acids is 1. The zero-order valence-electron chi connectivity index (χ0n) is 9.77. The van der Waals surface area contributed by atoms with Crippen molar-refractivity contribution in [2.24, 2.45) is 0 Å². The van der Waals surface area contributed by atoms with Gasteiger partial charge in [-0.15, -0.1) is 0 Å². The molecular formula is C10H19NO5. The smallest absolute Gasteiger partial charge is 0.328 e. The second-order valence-electron chi connectivity index (χ2n) is 3.71. The van der Waals surface area contributed by atoms with E-state index in [2.05, 4.69) is 5.32 Å². The minimum Gasteiger partial charge on any atom is -0.480 e. The molecule has 0 aliphatic rings. The fourth-order valence-electron chi connectivity index (χ4n) is 1.09. The Hall–Kier alpha value is -1.14. The van der Waals surface area contributed by atoms with E-state index in [1.165, 1.54) is 6.92 Å². The van der Waals surface area contributed by atoms with Crippen LogP contribution in [-0.4, -0.2) is 47.4 Å². The summed E-state index contributed by atoms with van der Waals surface area (Å²) in [7, 11) is 1.54. The molecule has 0 aromatic heterocycles. The number of hydrogen-bond acceptors (Lipinski definition) is 4. The molecule has 94 valence electrons. The predicted molar refractivity (Wildman–Crippen MR) is 57.0 cm³/mol. The van der Waals surface area contributed by atoms with Gasteiger partial charge in [-0.1, -0.05) is 0 Å². The second-order valence-corrected chi connectivity index (χ2v) is 3.71. The summed E-state index contributed by atoms with van der Waals surface area (Å²) in [6.45, 7) is 3.13. The molecule has 0 saturated carbocycles. The predicted octanol–water partition coefficient (Wildman–Crippen LogP) is -0.248. The van der Waals surface area contributed by atoms with E-state index in [0.29, 0.717) is 6.42 Å². The maximum absolute atomic E-state index is 11.3. The van der Waals surface area contributed by atoms with Crippen molar-refractivity contribution < 1.29 is 24.5 Å². The molecule has 0 aliphatic heterocycles. The molecule has 3 N–H and O–H groups in total. The maximum atomic E-state index is 11.3. The van der Waals surface area contributed by atoms with Crippen LogP contribution >= 0.6 is 0 Å². The minimum absolute atomic E-state index is 0.0550. The van der Waals surface area contributed by atoms with E-state index < -0.39 is 24.0 Å². The molecule has 0 rings (SSSR count). The lowest BCUT2D eigenvalue weighted by Gasteiger charge is -2.17. The van der Waals surface area contributed by atoms with Gasteiger partial charge in [0.15, 0.2) is 6.04 Å². The number of aliphatic carboxylic acids is 1. The van der Waals surface area contributed by atoms with Gasteiger partial charge in [0.05, 0.1) is 12.2 Å². The fourth-order valence-corrected chi connectivity index (χ4v) is 1.09. The largest absolute Gasteiger partial charge is 0.480 e. The van der Waals surface area contributed by atoms with Gasteiger partial charge in [0.25, 0.3) is 0 Å². The van der Waals surface area contributed by atoms with Gasteiger partial charge in [0.2, 0.25) is 5.91 Å². The Balaban J connectivity index is 4.06. The SMILES string of the molecule is COC(C)CCC(=O)N[C@H](C(=O)O)[C@@H](C)O. The van der Waals surface area contributed by atoms with Crippen molar-refractivity contribution in [3.63, 3.8) is 0 Å². The van der Waals surface area contributed by atoms with Crippen LogP contribution in [0.1, 0.15) is 26.7 Å². The van der Waals surface area contributed by atoms with Crippen LogP contribution in [0.4, 0.5) is 0 Å². The number of nitrogens with one attached hydrogen (secondary N) is 1. The summed E-state index contributed by atoms with van der Waals surface area (Å²) in [4.78, 5) is 22.0. The van der Waals surface area contributed by atoms with Gasteiger partial charge < -0.3 is 20.3 Å². The summed E-state index contributed by atoms with van der Waals surface area (Å²) in [6.07, 6.45) is -0.498. The number of aliphatic hydroxyl groups excluding tert-OH is 1. The van der Waals surface area contributed by atoms with Gasteiger partial charge in [-0.05, 0) is 20.3 Å². The molecule has 0 aliphatic carbocycles. The zero-order chi connectivity index (χ0) is 12.7. The molecule has 16 heavy (non-hydrogen) atoms. The minimum atomic E-state index is -1.26. The number of carbonyl (C=O) groups is 2. The summed E-state index contributed by atoms with van der Waals surface area (Å²) >= 11 is 0. The van der Waals surface area contributed by atoms with Crippen molar-refractivity contribution in [3.8, 4) is 0 Å². The van der Waals surface area contributed by atoms with E-state index in [0.717, 1.165) is 0 Å². The van der Waals surface area contributed by atoms with Gasteiger partial charge in [-0.3, -0.25) is 4.79 Å². The number of carbonyl (C=O) groups excluding carboxylic acids is 1. The number of amides is 1. The van der Waals surface area contributed by atoms with Gasteiger partial charge in [-0.25, -0.2) is 4.79 Å². The lowest BCUT2D eigenvalue weighted by atomic mass is 10.1. The van der Waals surface area contributed by atoms with Crippen LogP contribution in [0.3, 0.4) is 0 Å². The van der Waals surface area contributed by atoms with Crippen LogP contribution < -0.4 is 5.32 Å². The summed E-state index contributed by atoms with van der Waals surface area (Å²) in [5.41, 5.74) is 0. The third-order valence-electron chi connectivity index (χ3n) is 2.25. The first-order valence-electron chi connectivity index (χ1n) is 5.11. The highest BCUT2D eigenvalue weighted by Crippen LogP contribution is 2.01. The Bertz CT molecular complexity index is 241. The first-order valence-corrected chi connectivity index (χ1v) is 5.11. The molecule has 0 aromatic carbocycles. The Morgan fingerprint density at radius 3 is 2.31 bits per heavy atom. The molecular weight excluding hydrogens is 214 g/mol. The van der Waals surface area contributed by atoms with Crippen molar-refractivity contribution >= 4 is 11.9 Å². The molecule has 0 fully saturated rings. The van der Waals surface area contributed by atoms with Crippen molar-refractivity contribution in [1.82, 2.24) is 5.32 Å². The van der Waals surface area contributed by atoms with Gasteiger partial charge >= 0.3 is 5.97 Å². The first kappa shape index (κ1) is 14.9. The summed E-state index contributed by atoms with van der Waals surface area (Å²) in [5.74, 6) is -1.65. The Labute approximate surface area is 94.6 Å². The van der Waals surface area contributed by atoms with E-state index in [1.807, 2.05) is 6.92 Å². The van der Waals surface area contributed by atoms with Gasteiger partial charge in [-0.2, -0.15) is 0 Å². The lowest BCUT2D eigenvalue weighted by Crippen LogP contribution is -2.47. The molecule has 0 saturated heterocycles. The highest BCUT2D eigenvalue weighted by molar-refractivity contribution is 5.83. The number of carboxylic acid groups (broad SMARTS) is 1. The standard InChI is InChI=1S/C10H19NO5/c1-6(16-3)4-5-8(13)11-9(7(2)12)10(14)15/h6-7,9,12H,4-5H2,1-3H3,(H,11,13)(H,14,15)/t6?,7-,9+/m1/s1. The van der Waals surface area contributed by atoms with Crippen molar-refractivity contribution in [2.45, 2.75) is 44.9 Å². The van der Waals surface area contributed by atoms with Gasteiger partial charge in [0, 0.05) is 13.5 Å². The van der Waals surface area contributed by atoms with Crippen LogP contribution in [0, 0.1) is 0 Å². The fraction of sp³-hybridized carbons (Fsp3) is 0.800. The highest BCUT2D eigenvalue weighted by atomic mass is 16.5. The molecule has 6 nitrogen and oxygen atoms in total. The zero-order valence-corrected chi connectivity index (χ0v) is 9.77. The quantitative estimate of drug-likeness (QED) is 0.563.